The molecule has 2 aromatic carbocycles. The van der Waals surface area contributed by atoms with Crippen molar-refractivity contribution in [2.45, 2.75) is 36.7 Å². The number of amides is 1. The number of anilines is 2. The summed E-state index contributed by atoms with van der Waals surface area (Å²) in [5.74, 6) is 0.0501. The second-order valence-corrected chi connectivity index (χ2v) is 7.77. The Kier molecular flexibility index (Phi) is 7.18. The third-order valence-corrected chi connectivity index (χ3v) is 5.77. The first-order valence-corrected chi connectivity index (χ1v) is 10.7. The summed E-state index contributed by atoms with van der Waals surface area (Å²) in [7, 11) is 1.78. The highest BCUT2D eigenvalue weighted by molar-refractivity contribution is 7.98. The highest BCUT2D eigenvalue weighted by Crippen LogP contribution is 2.23. The molecule has 0 bridgehead atoms. The molecule has 2 aromatic rings. The van der Waals surface area contributed by atoms with Crippen molar-refractivity contribution in [2.75, 3.05) is 36.7 Å². The van der Waals surface area contributed by atoms with Crippen molar-refractivity contribution in [3.63, 3.8) is 0 Å². The summed E-state index contributed by atoms with van der Waals surface area (Å²) in [6.07, 6.45) is 5.89. The molecule has 0 aliphatic carbocycles. The van der Waals surface area contributed by atoms with Crippen LogP contribution in [0, 0.1) is 0 Å². The molecular formula is C22H28N2O2S. The maximum absolute atomic E-state index is 12.2. The van der Waals surface area contributed by atoms with Crippen molar-refractivity contribution >= 4 is 29.0 Å². The van der Waals surface area contributed by atoms with Crippen LogP contribution in [-0.2, 0) is 16.0 Å². The molecular weight excluding hydrogens is 356 g/mol. The van der Waals surface area contributed by atoms with E-state index < -0.39 is 0 Å². The van der Waals surface area contributed by atoms with E-state index >= 15 is 0 Å². The molecule has 1 saturated heterocycles. The van der Waals surface area contributed by atoms with Gasteiger partial charge < -0.3 is 15.0 Å². The van der Waals surface area contributed by atoms with Crippen molar-refractivity contribution < 1.29 is 9.53 Å². The zero-order valence-electron chi connectivity index (χ0n) is 16.1. The SMILES string of the molecule is COC1CCCN(c2ccc(NC(=O)CCc3ccc(SC)cc3)cc2)C1. The zero-order valence-corrected chi connectivity index (χ0v) is 16.9. The van der Waals surface area contributed by atoms with Crippen LogP contribution in [-0.4, -0.2) is 38.5 Å². The van der Waals surface area contributed by atoms with Crippen LogP contribution in [0.25, 0.3) is 0 Å². The van der Waals surface area contributed by atoms with Gasteiger partial charge in [0.15, 0.2) is 0 Å². The van der Waals surface area contributed by atoms with Gasteiger partial charge in [0, 0.05) is 42.9 Å². The summed E-state index contributed by atoms with van der Waals surface area (Å²) in [6, 6.07) is 16.5. The highest BCUT2D eigenvalue weighted by atomic mass is 32.2. The van der Waals surface area contributed by atoms with Gasteiger partial charge in [0.25, 0.3) is 0 Å². The van der Waals surface area contributed by atoms with Gasteiger partial charge in [0.2, 0.25) is 5.91 Å². The fraction of sp³-hybridized carbons (Fsp3) is 0.409. The average Bonchev–Trinajstić information content (AvgIpc) is 2.73. The van der Waals surface area contributed by atoms with Gasteiger partial charge >= 0.3 is 0 Å². The molecule has 1 heterocycles. The number of hydrogen-bond acceptors (Lipinski definition) is 4. The third kappa shape index (κ3) is 5.75. The standard InChI is InChI=1S/C22H28N2O2S/c1-26-20-4-3-15-24(16-20)19-10-8-18(9-11-19)23-22(25)14-7-17-5-12-21(27-2)13-6-17/h5-6,8-13,20H,3-4,7,14-16H2,1-2H3,(H,23,25). The number of methoxy groups -OCH3 is 1. The number of nitrogens with one attached hydrogen (secondary N) is 1. The molecule has 4 nitrogen and oxygen atoms in total. The first-order chi connectivity index (χ1) is 13.2. The predicted octanol–water partition coefficient (Wildman–Crippen LogP) is 4.60. The van der Waals surface area contributed by atoms with Gasteiger partial charge in [-0.25, -0.2) is 0 Å². The van der Waals surface area contributed by atoms with Gasteiger partial charge in [-0.05, 0) is 67.5 Å². The predicted molar refractivity (Wildman–Crippen MR) is 114 cm³/mol. The second-order valence-electron chi connectivity index (χ2n) is 6.89. The fourth-order valence-corrected chi connectivity index (χ4v) is 3.80. The van der Waals surface area contributed by atoms with E-state index in [1.54, 1.807) is 18.9 Å². The molecule has 5 heteroatoms. The number of nitrogens with zero attached hydrogens (tertiary/aromatic N) is 1. The van der Waals surface area contributed by atoms with E-state index in [2.05, 4.69) is 52.9 Å². The molecule has 1 N–H and O–H groups in total. The second kappa shape index (κ2) is 9.81. The minimum absolute atomic E-state index is 0.0501. The Morgan fingerprint density at radius 1 is 1.19 bits per heavy atom. The van der Waals surface area contributed by atoms with Crippen molar-refractivity contribution in [1.29, 1.82) is 0 Å². The van der Waals surface area contributed by atoms with Gasteiger partial charge in [0.05, 0.1) is 6.10 Å². The number of hydrogen-bond donors (Lipinski definition) is 1. The third-order valence-electron chi connectivity index (χ3n) is 5.03. The molecule has 1 aliphatic rings. The topological polar surface area (TPSA) is 41.6 Å². The lowest BCUT2D eigenvalue weighted by Gasteiger charge is -2.33. The number of benzene rings is 2. The Hall–Kier alpha value is -1.98. The maximum atomic E-state index is 12.2. The average molecular weight is 385 g/mol. The maximum Gasteiger partial charge on any atom is 0.224 e. The smallest absolute Gasteiger partial charge is 0.224 e. The molecule has 0 spiro atoms. The summed E-state index contributed by atoms with van der Waals surface area (Å²) in [5.41, 5.74) is 3.22. The molecule has 0 radical (unpaired) electrons. The number of thioether (sulfide) groups is 1. The summed E-state index contributed by atoms with van der Waals surface area (Å²) in [4.78, 5) is 15.8. The van der Waals surface area contributed by atoms with E-state index in [0.29, 0.717) is 12.5 Å². The lowest BCUT2D eigenvalue weighted by molar-refractivity contribution is -0.116. The summed E-state index contributed by atoms with van der Waals surface area (Å²) in [5, 5.41) is 3.00. The van der Waals surface area contributed by atoms with Crippen LogP contribution in [0.4, 0.5) is 11.4 Å². The number of rotatable bonds is 7. The molecule has 3 rings (SSSR count). The van der Waals surface area contributed by atoms with E-state index in [1.807, 2.05) is 12.1 Å². The molecule has 1 unspecified atom stereocenters. The number of piperidine rings is 1. The number of ether oxygens (including phenoxy) is 1. The van der Waals surface area contributed by atoms with Crippen LogP contribution < -0.4 is 10.2 Å². The lowest BCUT2D eigenvalue weighted by atomic mass is 10.1. The van der Waals surface area contributed by atoms with Crippen LogP contribution >= 0.6 is 11.8 Å². The van der Waals surface area contributed by atoms with Crippen molar-refractivity contribution in [3.05, 3.63) is 54.1 Å². The first kappa shape index (κ1) is 19.8. The Morgan fingerprint density at radius 3 is 2.59 bits per heavy atom. The van der Waals surface area contributed by atoms with E-state index in [9.17, 15) is 4.79 Å². The van der Waals surface area contributed by atoms with Gasteiger partial charge in [-0.2, -0.15) is 0 Å². The fourth-order valence-electron chi connectivity index (χ4n) is 3.39. The van der Waals surface area contributed by atoms with Crippen LogP contribution in [0.2, 0.25) is 0 Å². The van der Waals surface area contributed by atoms with Gasteiger partial charge in [-0.15, -0.1) is 11.8 Å². The monoisotopic (exact) mass is 384 g/mol. The van der Waals surface area contributed by atoms with Crippen LogP contribution in [0.3, 0.4) is 0 Å². The van der Waals surface area contributed by atoms with Crippen molar-refractivity contribution in [3.8, 4) is 0 Å². The molecule has 27 heavy (non-hydrogen) atoms. The normalized spacial score (nSPS) is 17.0. The highest BCUT2D eigenvalue weighted by Gasteiger charge is 2.19. The lowest BCUT2D eigenvalue weighted by Crippen LogP contribution is -2.39. The molecule has 1 amide bonds. The van der Waals surface area contributed by atoms with Crippen LogP contribution in [0.1, 0.15) is 24.8 Å². The number of carbonyl (C=O) groups excluding carboxylic acids is 1. The summed E-state index contributed by atoms with van der Waals surface area (Å²) >= 11 is 1.73. The van der Waals surface area contributed by atoms with E-state index in [4.69, 9.17) is 4.74 Å². The van der Waals surface area contributed by atoms with Gasteiger partial charge in [-0.1, -0.05) is 12.1 Å². The Bertz CT molecular complexity index is 731. The van der Waals surface area contributed by atoms with Crippen molar-refractivity contribution in [2.24, 2.45) is 0 Å². The van der Waals surface area contributed by atoms with E-state index in [-0.39, 0.29) is 5.91 Å². The van der Waals surface area contributed by atoms with E-state index in [0.717, 1.165) is 38.0 Å². The minimum atomic E-state index is 0.0501. The number of aryl methyl sites for hydroxylation is 1. The Morgan fingerprint density at radius 2 is 1.93 bits per heavy atom. The quantitative estimate of drug-likeness (QED) is 0.709. The molecule has 1 aliphatic heterocycles. The molecule has 1 fully saturated rings. The van der Waals surface area contributed by atoms with Gasteiger partial charge in [0.1, 0.15) is 0 Å². The Balaban J connectivity index is 1.49. The van der Waals surface area contributed by atoms with E-state index in [1.165, 1.54) is 16.1 Å². The van der Waals surface area contributed by atoms with Crippen LogP contribution in [0.15, 0.2) is 53.4 Å². The first-order valence-electron chi connectivity index (χ1n) is 9.48. The largest absolute Gasteiger partial charge is 0.380 e. The summed E-state index contributed by atoms with van der Waals surface area (Å²) in [6.45, 7) is 1.98. The van der Waals surface area contributed by atoms with Crippen molar-refractivity contribution in [1.82, 2.24) is 0 Å². The molecule has 144 valence electrons. The molecule has 0 aromatic heterocycles. The minimum Gasteiger partial charge on any atom is -0.380 e. The molecule has 1 atom stereocenters. The zero-order chi connectivity index (χ0) is 19.1. The Labute approximate surface area is 166 Å². The molecule has 0 saturated carbocycles. The van der Waals surface area contributed by atoms with Gasteiger partial charge in [-0.3, -0.25) is 4.79 Å². The van der Waals surface area contributed by atoms with Crippen LogP contribution in [0.5, 0.6) is 0 Å². The number of carbonyl (C=O) groups is 1. The summed E-state index contributed by atoms with van der Waals surface area (Å²) < 4.78 is 5.50.